The van der Waals surface area contributed by atoms with Crippen LogP contribution in [0.4, 0.5) is 10.1 Å². The number of nitrogens with one attached hydrogen (secondary N) is 1. The first-order chi connectivity index (χ1) is 9.42. The lowest BCUT2D eigenvalue weighted by Gasteiger charge is -2.09. The summed E-state index contributed by atoms with van der Waals surface area (Å²) in [7, 11) is -4.01. The van der Waals surface area contributed by atoms with E-state index in [0.717, 1.165) is 12.3 Å². The third kappa shape index (κ3) is 3.04. The molecule has 0 aliphatic rings. The number of nitriles is 1. The molecule has 1 aromatic carbocycles. The van der Waals surface area contributed by atoms with Crippen LogP contribution in [-0.4, -0.2) is 13.4 Å². The summed E-state index contributed by atoms with van der Waals surface area (Å²) in [5.41, 5.74) is 0.0345. The lowest BCUT2D eigenvalue weighted by atomic mass is 10.2. The van der Waals surface area contributed by atoms with Gasteiger partial charge in [-0.3, -0.25) is 4.72 Å². The number of hydrogen-bond donors (Lipinski definition) is 1. The summed E-state index contributed by atoms with van der Waals surface area (Å²) in [4.78, 5) is 3.08. The smallest absolute Gasteiger partial charge is 0.263 e. The van der Waals surface area contributed by atoms with Crippen molar-refractivity contribution in [2.24, 2.45) is 0 Å². The van der Waals surface area contributed by atoms with Gasteiger partial charge in [-0.2, -0.15) is 9.65 Å². The van der Waals surface area contributed by atoms with Crippen molar-refractivity contribution in [3.8, 4) is 6.07 Å². The minimum atomic E-state index is -4.01. The van der Waals surface area contributed by atoms with E-state index in [1.165, 1.54) is 24.3 Å². The monoisotopic (exact) mass is 311 g/mol. The molecule has 1 aromatic heterocycles. The molecule has 0 fully saturated rings. The average molecular weight is 312 g/mol. The number of halogens is 2. The minimum Gasteiger partial charge on any atom is -0.278 e. The maximum Gasteiger partial charge on any atom is 0.263 e. The first kappa shape index (κ1) is 14.2. The van der Waals surface area contributed by atoms with Crippen LogP contribution in [0.25, 0.3) is 0 Å². The Bertz CT molecular complexity index is 785. The van der Waals surface area contributed by atoms with Gasteiger partial charge in [-0.05, 0) is 30.3 Å². The minimum absolute atomic E-state index is 0.0445. The first-order valence-corrected chi connectivity index (χ1v) is 7.12. The van der Waals surface area contributed by atoms with Gasteiger partial charge in [-0.15, -0.1) is 0 Å². The second-order valence-electron chi connectivity index (χ2n) is 3.73. The quantitative estimate of drug-likeness (QED) is 0.883. The molecule has 0 amide bonds. The normalized spacial score (nSPS) is 10.8. The van der Waals surface area contributed by atoms with E-state index in [1.54, 1.807) is 6.07 Å². The number of hydrogen-bond acceptors (Lipinski definition) is 4. The summed E-state index contributed by atoms with van der Waals surface area (Å²) >= 11 is 5.74. The zero-order valence-corrected chi connectivity index (χ0v) is 11.4. The summed E-state index contributed by atoms with van der Waals surface area (Å²) in [6.07, 6.45) is 1.03. The van der Waals surface area contributed by atoms with E-state index in [2.05, 4.69) is 9.71 Å². The first-order valence-electron chi connectivity index (χ1n) is 5.26. The molecule has 1 heterocycles. The molecule has 0 radical (unpaired) electrons. The van der Waals surface area contributed by atoms with Crippen molar-refractivity contribution in [2.75, 3.05) is 4.72 Å². The van der Waals surface area contributed by atoms with Gasteiger partial charge in [0.2, 0.25) is 5.95 Å². The van der Waals surface area contributed by atoms with Crippen molar-refractivity contribution in [2.45, 2.75) is 4.90 Å². The number of pyridine rings is 1. The van der Waals surface area contributed by atoms with Gasteiger partial charge in [0.05, 0.1) is 17.4 Å². The third-order valence-electron chi connectivity index (χ3n) is 2.33. The number of anilines is 1. The van der Waals surface area contributed by atoms with E-state index in [9.17, 15) is 12.8 Å². The van der Waals surface area contributed by atoms with Crippen molar-refractivity contribution < 1.29 is 12.8 Å². The summed E-state index contributed by atoms with van der Waals surface area (Å²) in [5, 5.41) is 9.11. The van der Waals surface area contributed by atoms with Crippen molar-refractivity contribution in [3.63, 3.8) is 0 Å². The highest BCUT2D eigenvalue weighted by molar-refractivity contribution is 7.92. The van der Waals surface area contributed by atoms with Gasteiger partial charge in [0, 0.05) is 5.02 Å². The highest BCUT2D eigenvalue weighted by Crippen LogP contribution is 2.22. The number of sulfonamides is 1. The van der Waals surface area contributed by atoms with E-state index in [-0.39, 0.29) is 21.2 Å². The van der Waals surface area contributed by atoms with Gasteiger partial charge in [-0.1, -0.05) is 11.6 Å². The Hall–Kier alpha value is -2.17. The second kappa shape index (κ2) is 5.45. The molecule has 102 valence electrons. The molecule has 0 unspecified atom stereocenters. The molecular weight excluding hydrogens is 305 g/mol. The van der Waals surface area contributed by atoms with E-state index < -0.39 is 16.0 Å². The van der Waals surface area contributed by atoms with Crippen molar-refractivity contribution in [1.82, 2.24) is 4.98 Å². The Morgan fingerprint density at radius 2 is 2.05 bits per heavy atom. The molecule has 20 heavy (non-hydrogen) atoms. The Labute approximate surface area is 119 Å². The van der Waals surface area contributed by atoms with Crippen LogP contribution in [0, 0.1) is 17.3 Å². The predicted molar refractivity (Wildman–Crippen MR) is 71.2 cm³/mol. The predicted octanol–water partition coefficient (Wildman–Crippen LogP) is 2.55. The highest BCUT2D eigenvalue weighted by Gasteiger charge is 2.19. The summed E-state index contributed by atoms with van der Waals surface area (Å²) in [5.74, 6) is -0.728. The van der Waals surface area contributed by atoms with E-state index in [1.807, 2.05) is 0 Å². The molecule has 1 N–H and O–H groups in total. The van der Waals surface area contributed by atoms with E-state index in [0.29, 0.717) is 0 Å². The maximum atomic E-state index is 12.7. The Kier molecular flexibility index (Phi) is 3.88. The van der Waals surface area contributed by atoms with Gasteiger partial charge in [-0.25, -0.2) is 13.4 Å². The molecule has 0 atom stereocenters. The molecule has 0 aliphatic heterocycles. The fourth-order valence-electron chi connectivity index (χ4n) is 1.46. The van der Waals surface area contributed by atoms with Crippen LogP contribution in [0.2, 0.25) is 5.02 Å². The second-order valence-corrected chi connectivity index (χ2v) is 5.81. The molecule has 0 saturated carbocycles. The highest BCUT2D eigenvalue weighted by atomic mass is 35.5. The molecule has 8 heteroatoms. The van der Waals surface area contributed by atoms with Crippen molar-refractivity contribution in [3.05, 3.63) is 53.1 Å². The molecular formula is C12H7ClFN3O2S. The number of benzene rings is 1. The fraction of sp³-hybridized carbons (Fsp3) is 0. The lowest BCUT2D eigenvalue weighted by Crippen LogP contribution is -2.14. The summed E-state index contributed by atoms with van der Waals surface area (Å²) < 4.78 is 39.2. The average Bonchev–Trinajstić information content (AvgIpc) is 2.41. The number of rotatable bonds is 3. The van der Waals surface area contributed by atoms with E-state index in [4.69, 9.17) is 16.9 Å². The Morgan fingerprint density at radius 1 is 1.30 bits per heavy atom. The summed E-state index contributed by atoms with van der Waals surface area (Å²) in [6, 6.07) is 7.89. The summed E-state index contributed by atoms with van der Waals surface area (Å²) in [6.45, 7) is 0. The van der Waals surface area contributed by atoms with Crippen LogP contribution in [0.15, 0.2) is 41.4 Å². The van der Waals surface area contributed by atoms with Gasteiger partial charge >= 0.3 is 0 Å². The lowest BCUT2D eigenvalue weighted by molar-refractivity contribution is 0.583. The van der Waals surface area contributed by atoms with Crippen molar-refractivity contribution >= 4 is 27.3 Å². The van der Waals surface area contributed by atoms with Crippen LogP contribution in [0.1, 0.15) is 5.56 Å². The van der Waals surface area contributed by atoms with Crippen LogP contribution < -0.4 is 4.72 Å². The van der Waals surface area contributed by atoms with Gasteiger partial charge in [0.15, 0.2) is 0 Å². The molecule has 5 nitrogen and oxygen atoms in total. The van der Waals surface area contributed by atoms with Crippen LogP contribution in [-0.2, 0) is 10.0 Å². The molecule has 0 bridgehead atoms. The molecule has 2 rings (SSSR count). The van der Waals surface area contributed by atoms with Crippen molar-refractivity contribution in [1.29, 1.82) is 5.26 Å². The largest absolute Gasteiger partial charge is 0.278 e. The molecule has 0 saturated heterocycles. The molecule has 0 aliphatic carbocycles. The van der Waals surface area contributed by atoms with Gasteiger partial charge < -0.3 is 0 Å². The van der Waals surface area contributed by atoms with Crippen LogP contribution >= 0.6 is 11.6 Å². The third-order valence-corrected chi connectivity index (χ3v) is 3.99. The number of aromatic nitrogens is 1. The molecule has 2 aromatic rings. The van der Waals surface area contributed by atoms with Gasteiger partial charge in [0.1, 0.15) is 11.0 Å². The maximum absolute atomic E-state index is 12.7. The number of nitrogens with zero attached hydrogens (tertiary/aromatic N) is 2. The Morgan fingerprint density at radius 3 is 2.65 bits per heavy atom. The Balaban J connectivity index is 2.43. The standard InChI is InChI=1S/C12H7ClFN3O2S/c13-9-2-1-8(6-15)11(5-9)20(18,19)17-10-3-4-12(14)16-7-10/h1-5,7,17H. The topological polar surface area (TPSA) is 82.8 Å². The zero-order chi connectivity index (χ0) is 14.8. The zero-order valence-electron chi connectivity index (χ0n) is 9.84. The van der Waals surface area contributed by atoms with Crippen LogP contribution in [0.3, 0.4) is 0 Å². The fourth-order valence-corrected chi connectivity index (χ4v) is 2.92. The SMILES string of the molecule is N#Cc1ccc(Cl)cc1S(=O)(=O)Nc1ccc(F)nc1. The molecule has 0 spiro atoms. The van der Waals surface area contributed by atoms with Crippen LogP contribution in [0.5, 0.6) is 0 Å². The van der Waals surface area contributed by atoms with Gasteiger partial charge in [0.25, 0.3) is 10.0 Å². The van der Waals surface area contributed by atoms with E-state index >= 15 is 0 Å².